The number of halogens is 1. The molecule has 3 rings (SSSR count). The van der Waals surface area contributed by atoms with E-state index in [1.54, 1.807) is 30.3 Å². The maximum absolute atomic E-state index is 13.3. The normalized spacial score (nSPS) is 21.9. The second-order valence-electron chi connectivity index (χ2n) is 6.40. The van der Waals surface area contributed by atoms with Crippen molar-refractivity contribution in [2.75, 3.05) is 11.0 Å². The molecule has 0 spiro atoms. The van der Waals surface area contributed by atoms with Gasteiger partial charge in [-0.15, -0.1) is 0 Å². The number of aliphatic hydroxyl groups is 1. The molecule has 5 nitrogen and oxygen atoms in total. The third kappa shape index (κ3) is 4.56. The zero-order valence-electron chi connectivity index (χ0n) is 13.8. The molecule has 1 heterocycles. The fourth-order valence-corrected chi connectivity index (χ4v) is 3.79. The third-order valence-corrected chi connectivity index (χ3v) is 4.95. The van der Waals surface area contributed by atoms with E-state index in [-0.39, 0.29) is 17.9 Å². The van der Waals surface area contributed by atoms with Crippen LogP contribution in [0.15, 0.2) is 48.5 Å². The highest BCUT2D eigenvalue weighted by molar-refractivity contribution is 7.92. The lowest BCUT2D eigenvalue weighted by Gasteiger charge is -2.21. The summed E-state index contributed by atoms with van der Waals surface area (Å²) in [6.07, 6.45) is 1.86. The summed E-state index contributed by atoms with van der Waals surface area (Å²) >= 11 is 0. The third-order valence-electron chi connectivity index (χ3n) is 4.35. The van der Waals surface area contributed by atoms with Gasteiger partial charge in [-0.05, 0) is 48.2 Å². The Hall–Kier alpha value is -1.96. The van der Waals surface area contributed by atoms with Crippen LogP contribution in [-0.4, -0.2) is 25.8 Å². The average molecular weight is 364 g/mol. The largest absolute Gasteiger partial charge is 0.387 e. The summed E-state index contributed by atoms with van der Waals surface area (Å²) in [6.45, 7) is 0. The molecule has 0 aliphatic carbocycles. The molecule has 0 unspecified atom stereocenters. The Morgan fingerprint density at radius 2 is 1.96 bits per heavy atom. The monoisotopic (exact) mass is 364 g/mol. The lowest BCUT2D eigenvalue weighted by atomic mass is 10.0. The molecular weight excluding hydrogens is 343 g/mol. The van der Waals surface area contributed by atoms with Crippen LogP contribution in [0.1, 0.15) is 36.1 Å². The van der Waals surface area contributed by atoms with Gasteiger partial charge in [-0.1, -0.05) is 24.3 Å². The van der Waals surface area contributed by atoms with Gasteiger partial charge >= 0.3 is 0 Å². The Balaban J connectivity index is 1.71. The van der Waals surface area contributed by atoms with E-state index in [9.17, 15) is 17.9 Å². The minimum Gasteiger partial charge on any atom is -0.387 e. The summed E-state index contributed by atoms with van der Waals surface area (Å²) < 4.78 is 38.5. The van der Waals surface area contributed by atoms with Gasteiger partial charge in [0.2, 0.25) is 10.0 Å². The number of sulfonamides is 1. The SMILES string of the molecule is CS(=O)(=O)Nc1cccc([C@@H]2CC[C@H]([C@@H](O)c3cccc(F)c3)N2)c1. The van der Waals surface area contributed by atoms with Gasteiger partial charge in [-0.3, -0.25) is 4.72 Å². The average Bonchev–Trinajstić information content (AvgIpc) is 3.03. The maximum Gasteiger partial charge on any atom is 0.229 e. The minimum atomic E-state index is -3.33. The second-order valence-corrected chi connectivity index (χ2v) is 8.15. The summed E-state index contributed by atoms with van der Waals surface area (Å²) in [5.74, 6) is -0.370. The first-order chi connectivity index (χ1) is 11.8. The molecule has 1 aliphatic heterocycles. The van der Waals surface area contributed by atoms with E-state index in [1.807, 2.05) is 6.07 Å². The molecule has 7 heteroatoms. The second kappa shape index (κ2) is 7.11. The molecule has 0 aromatic heterocycles. The van der Waals surface area contributed by atoms with Gasteiger partial charge in [0.1, 0.15) is 5.82 Å². The highest BCUT2D eigenvalue weighted by atomic mass is 32.2. The van der Waals surface area contributed by atoms with Crippen LogP contribution < -0.4 is 10.0 Å². The molecule has 1 saturated heterocycles. The molecular formula is C18H21FN2O3S. The van der Waals surface area contributed by atoms with Gasteiger partial charge in [-0.25, -0.2) is 12.8 Å². The van der Waals surface area contributed by atoms with Crippen molar-refractivity contribution in [3.05, 3.63) is 65.5 Å². The van der Waals surface area contributed by atoms with Crippen molar-refractivity contribution < 1.29 is 17.9 Å². The molecule has 25 heavy (non-hydrogen) atoms. The van der Waals surface area contributed by atoms with E-state index in [0.29, 0.717) is 11.3 Å². The summed E-state index contributed by atoms with van der Waals surface area (Å²) in [5, 5.41) is 13.9. The Labute approximate surface area is 146 Å². The minimum absolute atomic E-state index is 0.00881. The van der Waals surface area contributed by atoms with E-state index < -0.39 is 16.1 Å². The van der Waals surface area contributed by atoms with Crippen molar-refractivity contribution >= 4 is 15.7 Å². The lowest BCUT2D eigenvalue weighted by Crippen LogP contribution is -2.30. The molecule has 3 atom stereocenters. The molecule has 2 aromatic carbocycles. The molecule has 134 valence electrons. The van der Waals surface area contributed by atoms with Crippen LogP contribution in [0.25, 0.3) is 0 Å². The van der Waals surface area contributed by atoms with E-state index in [4.69, 9.17) is 0 Å². The molecule has 0 amide bonds. The Morgan fingerprint density at radius 3 is 2.68 bits per heavy atom. The number of aliphatic hydroxyl groups excluding tert-OH is 1. The maximum atomic E-state index is 13.3. The van der Waals surface area contributed by atoms with E-state index in [1.165, 1.54) is 12.1 Å². The van der Waals surface area contributed by atoms with Gasteiger partial charge in [-0.2, -0.15) is 0 Å². The number of rotatable bonds is 5. The number of anilines is 1. The lowest BCUT2D eigenvalue weighted by molar-refractivity contribution is 0.135. The highest BCUT2D eigenvalue weighted by Gasteiger charge is 2.31. The van der Waals surface area contributed by atoms with Crippen LogP contribution >= 0.6 is 0 Å². The molecule has 3 N–H and O–H groups in total. The zero-order chi connectivity index (χ0) is 18.0. The van der Waals surface area contributed by atoms with E-state index >= 15 is 0 Å². The standard InChI is InChI=1S/C18H21FN2O3S/c1-25(23,24)21-15-7-3-4-12(11-15)16-8-9-17(20-16)18(22)13-5-2-6-14(19)10-13/h2-7,10-11,16-18,20-22H,8-9H2,1H3/t16-,17+,18-/m0/s1. The number of hydrogen-bond acceptors (Lipinski definition) is 4. The van der Waals surface area contributed by atoms with Crippen LogP contribution in [0.4, 0.5) is 10.1 Å². The topological polar surface area (TPSA) is 78.4 Å². The van der Waals surface area contributed by atoms with Crippen molar-refractivity contribution in [1.82, 2.24) is 5.32 Å². The van der Waals surface area contributed by atoms with Gasteiger partial charge in [0.05, 0.1) is 12.4 Å². The van der Waals surface area contributed by atoms with Crippen LogP contribution in [0.2, 0.25) is 0 Å². The number of nitrogens with one attached hydrogen (secondary N) is 2. The summed E-state index contributed by atoms with van der Waals surface area (Å²) in [6, 6.07) is 13.0. The highest BCUT2D eigenvalue weighted by Crippen LogP contribution is 2.33. The fourth-order valence-electron chi connectivity index (χ4n) is 3.24. The van der Waals surface area contributed by atoms with Crippen molar-refractivity contribution in [1.29, 1.82) is 0 Å². The van der Waals surface area contributed by atoms with Crippen LogP contribution in [-0.2, 0) is 10.0 Å². The predicted molar refractivity (Wildman–Crippen MR) is 95.2 cm³/mol. The van der Waals surface area contributed by atoms with Crippen molar-refractivity contribution in [2.45, 2.75) is 31.0 Å². The number of benzene rings is 2. The van der Waals surface area contributed by atoms with Gasteiger partial charge in [0, 0.05) is 17.8 Å². The Kier molecular flexibility index (Phi) is 5.08. The number of hydrogen-bond donors (Lipinski definition) is 3. The van der Waals surface area contributed by atoms with E-state index in [2.05, 4.69) is 10.0 Å². The quantitative estimate of drug-likeness (QED) is 0.762. The first kappa shape index (κ1) is 17.8. The van der Waals surface area contributed by atoms with Crippen molar-refractivity contribution in [3.63, 3.8) is 0 Å². The van der Waals surface area contributed by atoms with Crippen molar-refractivity contribution in [3.8, 4) is 0 Å². The Morgan fingerprint density at radius 1 is 1.20 bits per heavy atom. The molecule has 0 radical (unpaired) electrons. The zero-order valence-corrected chi connectivity index (χ0v) is 14.6. The van der Waals surface area contributed by atoms with Gasteiger partial charge in [0.15, 0.2) is 0 Å². The van der Waals surface area contributed by atoms with E-state index in [0.717, 1.165) is 24.7 Å². The molecule has 0 saturated carbocycles. The Bertz CT molecular complexity index is 857. The first-order valence-electron chi connectivity index (χ1n) is 8.09. The van der Waals surface area contributed by atoms with Crippen LogP contribution in [0.5, 0.6) is 0 Å². The summed E-state index contributed by atoms with van der Waals surface area (Å²) in [5.41, 5.74) is 2.00. The fraction of sp³-hybridized carbons (Fsp3) is 0.333. The molecule has 0 bridgehead atoms. The summed E-state index contributed by atoms with van der Waals surface area (Å²) in [7, 11) is -3.33. The van der Waals surface area contributed by atoms with Gasteiger partial charge < -0.3 is 10.4 Å². The molecule has 2 aromatic rings. The predicted octanol–water partition coefficient (Wildman–Crippen LogP) is 2.72. The smallest absolute Gasteiger partial charge is 0.229 e. The molecule has 1 fully saturated rings. The van der Waals surface area contributed by atoms with Crippen LogP contribution in [0, 0.1) is 5.82 Å². The van der Waals surface area contributed by atoms with Crippen molar-refractivity contribution in [2.24, 2.45) is 0 Å². The molecule has 1 aliphatic rings. The first-order valence-corrected chi connectivity index (χ1v) is 9.98. The summed E-state index contributed by atoms with van der Waals surface area (Å²) in [4.78, 5) is 0. The van der Waals surface area contributed by atoms with Gasteiger partial charge in [0.25, 0.3) is 0 Å². The van der Waals surface area contributed by atoms with Crippen LogP contribution in [0.3, 0.4) is 0 Å².